The van der Waals surface area contributed by atoms with E-state index in [2.05, 4.69) is 25.2 Å². The molecule has 0 saturated carbocycles. The third-order valence-electron chi connectivity index (χ3n) is 5.94. The number of ether oxygens (including phenoxy) is 1. The van der Waals surface area contributed by atoms with Gasteiger partial charge in [-0.15, -0.1) is 0 Å². The first-order valence-electron chi connectivity index (χ1n) is 11.2. The molecule has 0 aliphatic heterocycles. The zero-order chi connectivity index (χ0) is 25.0. The average molecular weight is 481 g/mol. The molecule has 1 N–H and O–H groups in total. The Hall–Kier alpha value is -3.32. The van der Waals surface area contributed by atoms with Gasteiger partial charge in [-0.1, -0.05) is 44.2 Å². The molecule has 3 rings (SSSR count). The maximum atomic E-state index is 13.3. The lowest BCUT2D eigenvalue weighted by molar-refractivity contribution is 0.0940. The Morgan fingerprint density at radius 1 is 0.941 bits per heavy atom. The number of methoxy groups -OCH3 is 1. The lowest BCUT2D eigenvalue weighted by Gasteiger charge is -2.24. The molecule has 3 aromatic carbocycles. The van der Waals surface area contributed by atoms with Crippen LogP contribution in [0.3, 0.4) is 0 Å². The van der Waals surface area contributed by atoms with Gasteiger partial charge < -0.3 is 10.1 Å². The Balaban J connectivity index is 1.92. The first kappa shape index (κ1) is 25.3. The Kier molecular flexibility index (Phi) is 7.67. The minimum absolute atomic E-state index is 0.163. The van der Waals surface area contributed by atoms with Crippen LogP contribution in [0.15, 0.2) is 71.6 Å². The van der Waals surface area contributed by atoms with E-state index in [0.717, 1.165) is 26.7 Å². The van der Waals surface area contributed by atoms with E-state index in [-0.39, 0.29) is 28.3 Å². The van der Waals surface area contributed by atoms with Crippen molar-refractivity contribution in [1.82, 2.24) is 5.32 Å². The molecule has 0 aliphatic rings. The van der Waals surface area contributed by atoms with Crippen molar-refractivity contribution >= 4 is 21.6 Å². The minimum Gasteiger partial charge on any atom is -0.496 e. The number of hydrogen-bond donors (Lipinski definition) is 1. The topological polar surface area (TPSA) is 75.7 Å². The maximum Gasteiger partial charge on any atom is 0.264 e. The van der Waals surface area contributed by atoms with Crippen LogP contribution in [0, 0.1) is 6.92 Å². The van der Waals surface area contributed by atoms with Gasteiger partial charge in [0.25, 0.3) is 15.9 Å². The number of sulfonamides is 1. The molecule has 0 bridgehead atoms. The van der Waals surface area contributed by atoms with Crippen LogP contribution < -0.4 is 14.4 Å². The van der Waals surface area contributed by atoms with Crippen molar-refractivity contribution in [2.24, 2.45) is 0 Å². The number of nitrogens with one attached hydrogen (secondary N) is 1. The van der Waals surface area contributed by atoms with Crippen molar-refractivity contribution in [3.8, 4) is 5.75 Å². The molecule has 1 amide bonds. The standard InChI is InChI=1S/C27H32N2O4S/c1-18(2)23-17-24(19(3)16-26(23)33-6)20(4)28-27(30)22-14-10-11-15-25(22)29(5)34(31,32)21-12-8-7-9-13-21/h7-18,20H,1-6H3,(H,28,30)/t20-/m0/s1. The maximum absolute atomic E-state index is 13.3. The molecular formula is C27H32N2O4S. The third kappa shape index (κ3) is 5.09. The van der Waals surface area contributed by atoms with Crippen LogP contribution in [0.2, 0.25) is 0 Å². The van der Waals surface area contributed by atoms with Crippen LogP contribution in [-0.2, 0) is 10.0 Å². The normalized spacial score (nSPS) is 12.3. The SMILES string of the molecule is COc1cc(C)c([C@H](C)NC(=O)c2ccccc2N(C)S(=O)(=O)c2ccccc2)cc1C(C)C. The summed E-state index contributed by atoms with van der Waals surface area (Å²) in [6.45, 7) is 8.10. The summed E-state index contributed by atoms with van der Waals surface area (Å²) < 4.78 is 33.0. The molecule has 0 aromatic heterocycles. The second-order valence-electron chi connectivity index (χ2n) is 8.60. The van der Waals surface area contributed by atoms with Crippen molar-refractivity contribution in [1.29, 1.82) is 0 Å². The number of carbonyl (C=O) groups excluding carboxylic acids is 1. The van der Waals surface area contributed by atoms with E-state index in [4.69, 9.17) is 4.74 Å². The van der Waals surface area contributed by atoms with E-state index in [1.54, 1.807) is 49.6 Å². The molecule has 180 valence electrons. The first-order valence-corrected chi connectivity index (χ1v) is 12.6. The quantitative estimate of drug-likeness (QED) is 0.466. The van der Waals surface area contributed by atoms with Crippen molar-refractivity contribution in [3.63, 3.8) is 0 Å². The molecular weight excluding hydrogens is 448 g/mol. The van der Waals surface area contributed by atoms with Gasteiger partial charge >= 0.3 is 0 Å². The van der Waals surface area contributed by atoms with Crippen LogP contribution >= 0.6 is 0 Å². The molecule has 0 aliphatic carbocycles. The summed E-state index contributed by atoms with van der Waals surface area (Å²) in [6.07, 6.45) is 0. The van der Waals surface area contributed by atoms with Gasteiger partial charge in [-0.05, 0) is 72.9 Å². The van der Waals surface area contributed by atoms with Crippen molar-refractivity contribution in [2.75, 3.05) is 18.5 Å². The predicted octanol–water partition coefficient (Wildman–Crippen LogP) is 5.44. The Labute approximate surface area is 202 Å². The molecule has 6 nitrogen and oxygen atoms in total. The molecule has 0 spiro atoms. The second-order valence-corrected chi connectivity index (χ2v) is 10.6. The Morgan fingerprint density at radius 2 is 1.56 bits per heavy atom. The molecule has 0 heterocycles. The zero-order valence-electron chi connectivity index (χ0n) is 20.5. The Morgan fingerprint density at radius 3 is 2.18 bits per heavy atom. The van der Waals surface area contributed by atoms with Crippen LogP contribution in [0.25, 0.3) is 0 Å². The highest BCUT2D eigenvalue weighted by Gasteiger charge is 2.26. The molecule has 3 aromatic rings. The van der Waals surface area contributed by atoms with Gasteiger partial charge in [0.05, 0.1) is 29.3 Å². The summed E-state index contributed by atoms with van der Waals surface area (Å²) in [6, 6.07) is 18.6. The first-order chi connectivity index (χ1) is 16.1. The second kappa shape index (κ2) is 10.3. The summed E-state index contributed by atoms with van der Waals surface area (Å²) in [5.74, 6) is 0.738. The summed E-state index contributed by atoms with van der Waals surface area (Å²) in [4.78, 5) is 13.5. The van der Waals surface area contributed by atoms with Gasteiger partial charge in [0.2, 0.25) is 0 Å². The smallest absolute Gasteiger partial charge is 0.264 e. The number of benzene rings is 3. The fourth-order valence-electron chi connectivity index (χ4n) is 3.98. The lowest BCUT2D eigenvalue weighted by atomic mass is 9.93. The largest absolute Gasteiger partial charge is 0.496 e. The van der Waals surface area contributed by atoms with Crippen molar-refractivity contribution < 1.29 is 17.9 Å². The molecule has 34 heavy (non-hydrogen) atoms. The number of aryl methyl sites for hydroxylation is 1. The summed E-state index contributed by atoms with van der Waals surface area (Å²) in [5, 5.41) is 3.04. The van der Waals surface area contributed by atoms with Gasteiger partial charge in [0.15, 0.2) is 0 Å². The van der Waals surface area contributed by atoms with Crippen LogP contribution in [0.5, 0.6) is 5.75 Å². The fraction of sp³-hybridized carbons (Fsp3) is 0.296. The van der Waals surface area contributed by atoms with Gasteiger partial charge in [-0.25, -0.2) is 8.42 Å². The van der Waals surface area contributed by atoms with Crippen molar-refractivity contribution in [3.05, 3.63) is 89.0 Å². The van der Waals surface area contributed by atoms with Crippen LogP contribution in [0.1, 0.15) is 59.8 Å². The van der Waals surface area contributed by atoms with E-state index in [1.807, 2.05) is 19.9 Å². The van der Waals surface area contributed by atoms with Gasteiger partial charge in [-0.2, -0.15) is 0 Å². The van der Waals surface area contributed by atoms with E-state index < -0.39 is 10.0 Å². The lowest BCUT2D eigenvalue weighted by Crippen LogP contribution is -2.32. The van der Waals surface area contributed by atoms with Gasteiger partial charge in [0.1, 0.15) is 5.75 Å². The number of carbonyl (C=O) groups is 1. The number of hydrogen-bond acceptors (Lipinski definition) is 4. The molecule has 7 heteroatoms. The molecule has 1 atom stereocenters. The zero-order valence-corrected chi connectivity index (χ0v) is 21.3. The fourth-order valence-corrected chi connectivity index (χ4v) is 5.22. The molecule has 0 unspecified atom stereocenters. The Bertz CT molecular complexity index is 1270. The molecule has 0 radical (unpaired) electrons. The molecule has 0 fully saturated rings. The van der Waals surface area contributed by atoms with E-state index >= 15 is 0 Å². The predicted molar refractivity (Wildman–Crippen MR) is 136 cm³/mol. The third-order valence-corrected chi connectivity index (χ3v) is 7.73. The van der Waals surface area contributed by atoms with E-state index in [0.29, 0.717) is 5.69 Å². The summed E-state index contributed by atoms with van der Waals surface area (Å²) in [5.41, 5.74) is 3.65. The number of nitrogens with zero attached hydrogens (tertiary/aromatic N) is 1. The van der Waals surface area contributed by atoms with Crippen LogP contribution in [0.4, 0.5) is 5.69 Å². The number of amides is 1. The van der Waals surface area contributed by atoms with Gasteiger partial charge in [0, 0.05) is 7.05 Å². The number of rotatable bonds is 8. The van der Waals surface area contributed by atoms with Gasteiger partial charge in [-0.3, -0.25) is 9.10 Å². The minimum atomic E-state index is -3.82. The van der Waals surface area contributed by atoms with Crippen molar-refractivity contribution in [2.45, 2.75) is 44.6 Å². The summed E-state index contributed by atoms with van der Waals surface area (Å²) >= 11 is 0. The number of anilines is 1. The number of para-hydroxylation sites is 1. The highest BCUT2D eigenvalue weighted by molar-refractivity contribution is 7.92. The van der Waals surface area contributed by atoms with Crippen LogP contribution in [-0.4, -0.2) is 28.5 Å². The monoisotopic (exact) mass is 480 g/mol. The average Bonchev–Trinajstić information content (AvgIpc) is 2.83. The highest BCUT2D eigenvalue weighted by Crippen LogP contribution is 2.32. The van der Waals surface area contributed by atoms with E-state index in [9.17, 15) is 13.2 Å². The molecule has 0 saturated heterocycles. The highest BCUT2D eigenvalue weighted by atomic mass is 32.2. The summed E-state index contributed by atoms with van der Waals surface area (Å²) in [7, 11) is -0.705. The van der Waals surface area contributed by atoms with E-state index in [1.165, 1.54) is 19.2 Å².